The summed E-state index contributed by atoms with van der Waals surface area (Å²) in [7, 11) is 0. The van der Waals surface area contributed by atoms with Crippen LogP contribution in [-0.4, -0.2) is 42.5 Å². The third kappa shape index (κ3) is 2.01. The Morgan fingerprint density at radius 2 is 1.94 bits per heavy atom. The number of barbiturate groups is 1. The van der Waals surface area contributed by atoms with Crippen LogP contribution >= 0.6 is 0 Å². The molecule has 2 rings (SSSR count). The Morgan fingerprint density at radius 1 is 1.28 bits per heavy atom. The van der Waals surface area contributed by atoms with Crippen molar-refractivity contribution in [3.8, 4) is 0 Å². The Morgan fingerprint density at radius 3 is 2.56 bits per heavy atom. The van der Waals surface area contributed by atoms with Gasteiger partial charge in [-0.2, -0.15) is 0 Å². The maximum absolute atomic E-state index is 12.4. The molecule has 2 fully saturated rings. The summed E-state index contributed by atoms with van der Waals surface area (Å²) in [4.78, 5) is 37.0. The monoisotopic (exact) mass is 254 g/mol. The van der Waals surface area contributed by atoms with Crippen molar-refractivity contribution in [2.45, 2.75) is 32.6 Å². The Balaban J connectivity index is 2.12. The number of rotatable bonds is 4. The third-order valence-corrected chi connectivity index (χ3v) is 3.68. The topological polar surface area (TPSA) is 75.7 Å². The van der Waals surface area contributed by atoms with Gasteiger partial charge in [-0.05, 0) is 19.8 Å². The van der Waals surface area contributed by atoms with Crippen LogP contribution in [0.1, 0.15) is 32.6 Å². The summed E-state index contributed by atoms with van der Waals surface area (Å²) in [5.41, 5.74) is -1.000. The fraction of sp³-hybridized carbons (Fsp3) is 0.750. The molecule has 1 N–H and O–H groups in total. The summed E-state index contributed by atoms with van der Waals surface area (Å²) in [6, 6.07) is -0.623. The number of carbonyl (C=O) groups is 3. The molecule has 1 saturated carbocycles. The van der Waals surface area contributed by atoms with Crippen molar-refractivity contribution in [2.24, 2.45) is 5.41 Å². The van der Waals surface area contributed by atoms with Gasteiger partial charge in [0.05, 0.1) is 13.2 Å². The fourth-order valence-corrected chi connectivity index (χ4v) is 2.65. The lowest BCUT2D eigenvalue weighted by molar-refractivity contribution is -0.151. The number of urea groups is 1. The molecule has 0 bridgehead atoms. The van der Waals surface area contributed by atoms with Crippen molar-refractivity contribution < 1.29 is 19.1 Å². The van der Waals surface area contributed by atoms with Gasteiger partial charge in [0.1, 0.15) is 5.41 Å². The smallest absolute Gasteiger partial charge is 0.330 e. The van der Waals surface area contributed by atoms with Gasteiger partial charge < -0.3 is 4.74 Å². The van der Waals surface area contributed by atoms with Crippen LogP contribution in [-0.2, 0) is 14.3 Å². The Hall–Kier alpha value is -1.43. The summed E-state index contributed by atoms with van der Waals surface area (Å²) in [6.07, 6.45) is 2.78. The first-order chi connectivity index (χ1) is 8.62. The second kappa shape index (κ2) is 5.06. The SMILES string of the molecule is CCOCCN1C(=O)NC(=O)C2(CCCC2)C1=O. The highest BCUT2D eigenvalue weighted by atomic mass is 16.5. The quantitative estimate of drug-likeness (QED) is 0.590. The molecule has 1 aliphatic heterocycles. The van der Waals surface area contributed by atoms with Crippen molar-refractivity contribution in [3.63, 3.8) is 0 Å². The summed E-state index contributed by atoms with van der Waals surface area (Å²) in [6.45, 7) is 2.89. The van der Waals surface area contributed by atoms with Gasteiger partial charge in [0.15, 0.2) is 0 Å². The van der Waals surface area contributed by atoms with E-state index in [1.165, 1.54) is 0 Å². The first kappa shape index (κ1) is 13.0. The number of nitrogens with one attached hydrogen (secondary N) is 1. The van der Waals surface area contributed by atoms with E-state index in [0.29, 0.717) is 26.1 Å². The van der Waals surface area contributed by atoms with E-state index in [-0.39, 0.29) is 12.5 Å². The van der Waals surface area contributed by atoms with Gasteiger partial charge in [0, 0.05) is 6.61 Å². The van der Waals surface area contributed by atoms with Crippen LogP contribution < -0.4 is 5.32 Å². The largest absolute Gasteiger partial charge is 0.380 e. The lowest BCUT2D eigenvalue weighted by Crippen LogP contribution is -2.63. The van der Waals surface area contributed by atoms with E-state index in [0.717, 1.165) is 17.7 Å². The molecule has 6 nitrogen and oxygen atoms in total. The molecule has 2 aliphatic rings. The van der Waals surface area contributed by atoms with Crippen LogP contribution in [0, 0.1) is 5.41 Å². The number of hydrogen-bond donors (Lipinski definition) is 1. The molecule has 1 spiro atoms. The fourth-order valence-electron chi connectivity index (χ4n) is 2.65. The van der Waals surface area contributed by atoms with Gasteiger partial charge in [-0.1, -0.05) is 12.8 Å². The highest BCUT2D eigenvalue weighted by Gasteiger charge is 2.54. The van der Waals surface area contributed by atoms with Crippen LogP contribution in [0.3, 0.4) is 0 Å². The van der Waals surface area contributed by atoms with Crippen molar-refractivity contribution in [1.82, 2.24) is 10.2 Å². The van der Waals surface area contributed by atoms with Gasteiger partial charge in [-0.3, -0.25) is 19.8 Å². The first-order valence-electron chi connectivity index (χ1n) is 6.37. The van der Waals surface area contributed by atoms with Crippen LogP contribution in [0.4, 0.5) is 4.79 Å². The number of nitrogens with zero attached hydrogens (tertiary/aromatic N) is 1. The lowest BCUT2D eigenvalue weighted by atomic mass is 9.82. The second-order valence-electron chi connectivity index (χ2n) is 4.70. The van der Waals surface area contributed by atoms with E-state index in [4.69, 9.17) is 4.74 Å². The van der Waals surface area contributed by atoms with E-state index >= 15 is 0 Å². The van der Waals surface area contributed by atoms with Crippen LogP contribution in [0.5, 0.6) is 0 Å². The Labute approximate surface area is 106 Å². The number of hydrogen-bond acceptors (Lipinski definition) is 4. The van der Waals surface area contributed by atoms with Crippen LogP contribution in [0.25, 0.3) is 0 Å². The summed E-state index contributed by atoms with van der Waals surface area (Å²) >= 11 is 0. The second-order valence-corrected chi connectivity index (χ2v) is 4.70. The minimum Gasteiger partial charge on any atom is -0.380 e. The molecule has 0 radical (unpaired) electrons. The van der Waals surface area contributed by atoms with E-state index in [1.54, 1.807) is 0 Å². The first-order valence-corrected chi connectivity index (χ1v) is 6.37. The zero-order valence-electron chi connectivity index (χ0n) is 10.5. The predicted molar refractivity (Wildman–Crippen MR) is 62.6 cm³/mol. The summed E-state index contributed by atoms with van der Waals surface area (Å²) in [5.74, 6) is -0.781. The van der Waals surface area contributed by atoms with E-state index in [2.05, 4.69) is 5.32 Å². The predicted octanol–water partition coefficient (Wildman–Crippen LogP) is 0.662. The number of amides is 4. The van der Waals surface area contributed by atoms with E-state index < -0.39 is 17.4 Å². The Bertz CT molecular complexity index is 374. The highest BCUT2D eigenvalue weighted by Crippen LogP contribution is 2.41. The Kier molecular flexibility index (Phi) is 3.65. The molecule has 0 unspecified atom stereocenters. The molecule has 1 aliphatic carbocycles. The summed E-state index contributed by atoms with van der Waals surface area (Å²) < 4.78 is 5.15. The van der Waals surface area contributed by atoms with E-state index in [9.17, 15) is 14.4 Å². The normalized spacial score (nSPS) is 22.7. The molecule has 100 valence electrons. The van der Waals surface area contributed by atoms with Gasteiger partial charge in [-0.15, -0.1) is 0 Å². The molecule has 0 atom stereocenters. The zero-order valence-corrected chi connectivity index (χ0v) is 10.5. The standard InChI is InChI=1S/C12H18N2O4/c1-2-18-8-7-14-10(16)12(5-3-4-6-12)9(15)13-11(14)17/h2-8H2,1H3,(H,13,15,17). The molecular weight excluding hydrogens is 236 g/mol. The number of ether oxygens (including phenoxy) is 1. The molecule has 1 heterocycles. The van der Waals surface area contributed by atoms with Crippen molar-refractivity contribution in [1.29, 1.82) is 0 Å². The molecule has 18 heavy (non-hydrogen) atoms. The maximum Gasteiger partial charge on any atom is 0.330 e. The van der Waals surface area contributed by atoms with Gasteiger partial charge in [0.2, 0.25) is 11.8 Å². The van der Waals surface area contributed by atoms with Gasteiger partial charge in [0.25, 0.3) is 0 Å². The molecule has 1 saturated heterocycles. The lowest BCUT2D eigenvalue weighted by Gasteiger charge is -2.36. The number of imide groups is 2. The minimum atomic E-state index is -1.000. The van der Waals surface area contributed by atoms with E-state index in [1.807, 2.05) is 6.92 Å². The molecule has 0 aromatic heterocycles. The summed E-state index contributed by atoms with van der Waals surface area (Å²) in [5, 5.41) is 2.29. The van der Waals surface area contributed by atoms with Gasteiger partial charge in [-0.25, -0.2) is 4.79 Å². The molecule has 0 aromatic carbocycles. The third-order valence-electron chi connectivity index (χ3n) is 3.68. The molecular formula is C12H18N2O4. The van der Waals surface area contributed by atoms with Crippen LogP contribution in [0.2, 0.25) is 0 Å². The molecule has 4 amide bonds. The maximum atomic E-state index is 12.4. The number of carbonyl (C=O) groups excluding carboxylic acids is 3. The zero-order chi connectivity index (χ0) is 13.2. The average molecular weight is 254 g/mol. The highest BCUT2D eigenvalue weighted by molar-refractivity contribution is 6.19. The molecule has 0 aromatic rings. The average Bonchev–Trinajstić information content (AvgIpc) is 2.82. The van der Waals surface area contributed by atoms with Gasteiger partial charge >= 0.3 is 6.03 Å². The van der Waals surface area contributed by atoms with Crippen LogP contribution in [0.15, 0.2) is 0 Å². The van der Waals surface area contributed by atoms with Crippen molar-refractivity contribution in [2.75, 3.05) is 19.8 Å². The molecule has 6 heteroatoms. The van der Waals surface area contributed by atoms with Crippen molar-refractivity contribution in [3.05, 3.63) is 0 Å². The van der Waals surface area contributed by atoms with Crippen molar-refractivity contribution >= 4 is 17.8 Å². The minimum absolute atomic E-state index is 0.202.